The summed E-state index contributed by atoms with van der Waals surface area (Å²) in [4.78, 5) is 17.0. The lowest BCUT2D eigenvalue weighted by molar-refractivity contribution is 0.0884. The minimum Gasteiger partial charge on any atom is -0.464 e. The Bertz CT molecular complexity index is 821. The van der Waals surface area contributed by atoms with Crippen molar-refractivity contribution in [2.75, 3.05) is 13.7 Å². The summed E-state index contributed by atoms with van der Waals surface area (Å²) < 4.78 is 10.8. The number of carbonyl (C=O) groups excluding carboxylic acids is 1. The van der Waals surface area contributed by atoms with Gasteiger partial charge in [-0.15, -0.1) is 0 Å². The zero-order chi connectivity index (χ0) is 16.2. The fraction of sp³-hybridized carbons (Fsp3) is 0.222. The number of hydrogen-bond donors (Lipinski definition) is 1. The van der Waals surface area contributed by atoms with Crippen LogP contribution in [0.5, 0.6) is 0 Å². The van der Waals surface area contributed by atoms with Crippen molar-refractivity contribution in [3.63, 3.8) is 0 Å². The molecule has 5 nitrogen and oxygen atoms in total. The van der Waals surface area contributed by atoms with E-state index in [4.69, 9.17) is 9.15 Å². The number of nitrogens with one attached hydrogen (secondary N) is 1. The van der Waals surface area contributed by atoms with Crippen LogP contribution in [0.3, 0.4) is 0 Å². The van der Waals surface area contributed by atoms with Crippen LogP contribution in [0.1, 0.15) is 27.9 Å². The van der Waals surface area contributed by atoms with Crippen LogP contribution in [-0.4, -0.2) is 24.6 Å². The van der Waals surface area contributed by atoms with E-state index in [0.29, 0.717) is 17.9 Å². The van der Waals surface area contributed by atoms with Crippen molar-refractivity contribution in [3.05, 3.63) is 65.7 Å². The van der Waals surface area contributed by atoms with Crippen molar-refractivity contribution in [3.8, 4) is 0 Å². The molecular formula is C18H18N2O3. The first kappa shape index (κ1) is 15.2. The molecule has 0 unspecified atom stereocenters. The average Bonchev–Trinajstić information content (AvgIpc) is 3.00. The van der Waals surface area contributed by atoms with Crippen LogP contribution in [0.2, 0.25) is 0 Å². The lowest BCUT2D eigenvalue weighted by atomic mass is 10.1. The molecule has 2 heterocycles. The molecule has 3 rings (SSSR count). The maximum Gasteiger partial charge on any atom is 0.252 e. The van der Waals surface area contributed by atoms with Crippen LogP contribution in [0, 0.1) is 6.92 Å². The molecule has 1 N–H and O–H groups in total. The summed E-state index contributed by atoms with van der Waals surface area (Å²) >= 11 is 0. The highest BCUT2D eigenvalue weighted by Gasteiger charge is 2.20. The predicted molar refractivity (Wildman–Crippen MR) is 87.3 cm³/mol. The molecule has 0 aliphatic rings. The van der Waals surface area contributed by atoms with E-state index in [9.17, 15) is 4.79 Å². The number of furan rings is 1. The molecule has 118 valence electrons. The Morgan fingerprint density at radius 3 is 2.87 bits per heavy atom. The summed E-state index contributed by atoms with van der Waals surface area (Å²) in [6.07, 6.45) is 1.71. The second-order valence-corrected chi connectivity index (χ2v) is 5.31. The maximum atomic E-state index is 12.7. The summed E-state index contributed by atoms with van der Waals surface area (Å²) in [7, 11) is 1.59. The smallest absolute Gasteiger partial charge is 0.252 e. The van der Waals surface area contributed by atoms with Crippen LogP contribution >= 0.6 is 0 Å². The van der Waals surface area contributed by atoms with E-state index in [0.717, 1.165) is 16.7 Å². The first-order chi connectivity index (χ1) is 11.2. The molecule has 0 bridgehead atoms. The number of pyridine rings is 1. The molecule has 0 spiro atoms. The molecule has 3 aromatic rings. The molecule has 0 radical (unpaired) electrons. The fourth-order valence-electron chi connectivity index (χ4n) is 2.54. The number of fused-ring (bicyclic) bond motifs is 1. The number of nitrogens with zero attached hydrogens (tertiary/aromatic N) is 1. The van der Waals surface area contributed by atoms with E-state index in [1.165, 1.54) is 0 Å². The molecule has 0 saturated carbocycles. The molecule has 2 aromatic heterocycles. The Morgan fingerprint density at radius 2 is 2.13 bits per heavy atom. The van der Waals surface area contributed by atoms with Crippen molar-refractivity contribution in [2.45, 2.75) is 13.0 Å². The summed E-state index contributed by atoms with van der Waals surface area (Å²) in [6.45, 7) is 2.20. The first-order valence-corrected chi connectivity index (χ1v) is 7.39. The number of aromatic nitrogens is 1. The van der Waals surface area contributed by atoms with Gasteiger partial charge >= 0.3 is 0 Å². The normalized spacial score (nSPS) is 12.3. The maximum absolute atomic E-state index is 12.7. The van der Waals surface area contributed by atoms with Crippen molar-refractivity contribution in [1.29, 1.82) is 0 Å². The fourth-order valence-corrected chi connectivity index (χ4v) is 2.54. The van der Waals surface area contributed by atoms with E-state index in [-0.39, 0.29) is 11.9 Å². The van der Waals surface area contributed by atoms with Crippen LogP contribution in [-0.2, 0) is 4.74 Å². The minimum atomic E-state index is -0.340. The lowest BCUT2D eigenvalue weighted by Crippen LogP contribution is -2.31. The van der Waals surface area contributed by atoms with Gasteiger partial charge < -0.3 is 14.5 Å². The van der Waals surface area contributed by atoms with Gasteiger partial charge in [-0.3, -0.25) is 9.78 Å². The molecule has 0 saturated heterocycles. The summed E-state index contributed by atoms with van der Waals surface area (Å²) in [5.74, 6) is 1.29. The molecular weight excluding hydrogens is 292 g/mol. The summed E-state index contributed by atoms with van der Waals surface area (Å²) in [6, 6.07) is 12.6. The van der Waals surface area contributed by atoms with Crippen molar-refractivity contribution in [1.82, 2.24) is 10.3 Å². The highest BCUT2D eigenvalue weighted by atomic mass is 16.5. The third-order valence-corrected chi connectivity index (χ3v) is 3.63. The minimum absolute atomic E-state index is 0.181. The monoisotopic (exact) mass is 310 g/mol. The van der Waals surface area contributed by atoms with Crippen molar-refractivity contribution >= 4 is 16.8 Å². The highest BCUT2D eigenvalue weighted by Crippen LogP contribution is 2.20. The molecule has 23 heavy (non-hydrogen) atoms. The predicted octanol–water partition coefficient (Wildman–Crippen LogP) is 3.25. The van der Waals surface area contributed by atoms with Gasteiger partial charge in [0.15, 0.2) is 0 Å². The molecule has 1 amide bonds. The first-order valence-electron chi connectivity index (χ1n) is 7.39. The number of carbonyl (C=O) groups is 1. The van der Waals surface area contributed by atoms with Gasteiger partial charge in [0, 0.05) is 24.3 Å². The quantitative estimate of drug-likeness (QED) is 0.785. The zero-order valence-electron chi connectivity index (χ0n) is 13.1. The Balaban J connectivity index is 1.89. The van der Waals surface area contributed by atoms with E-state index in [1.54, 1.807) is 19.4 Å². The van der Waals surface area contributed by atoms with Gasteiger partial charge in [-0.05, 0) is 37.3 Å². The van der Waals surface area contributed by atoms with Crippen molar-refractivity contribution < 1.29 is 13.9 Å². The van der Waals surface area contributed by atoms with Gasteiger partial charge in [0.05, 0.1) is 12.1 Å². The van der Waals surface area contributed by atoms with Gasteiger partial charge in [0.2, 0.25) is 0 Å². The second kappa shape index (κ2) is 6.62. The molecule has 0 aliphatic carbocycles. The molecule has 0 aliphatic heterocycles. The topological polar surface area (TPSA) is 64.4 Å². The molecule has 1 atom stereocenters. The zero-order valence-corrected chi connectivity index (χ0v) is 13.1. The number of methoxy groups -OCH3 is 1. The third kappa shape index (κ3) is 3.24. The van der Waals surface area contributed by atoms with Gasteiger partial charge in [-0.25, -0.2) is 0 Å². The standard InChI is InChI=1S/C18H18N2O3/c1-12-8-9-17(23-12)16(11-22-2)20-18(21)14-5-3-7-15-13(14)6-4-10-19-15/h3-10,16H,11H2,1-2H3,(H,20,21)/t16-/m1/s1. The molecule has 5 heteroatoms. The summed E-state index contributed by atoms with van der Waals surface area (Å²) in [5, 5.41) is 3.79. The lowest BCUT2D eigenvalue weighted by Gasteiger charge is -2.16. The Hall–Kier alpha value is -2.66. The van der Waals surface area contributed by atoms with Gasteiger partial charge in [0.25, 0.3) is 5.91 Å². The Labute approximate surface area is 134 Å². The number of hydrogen-bond acceptors (Lipinski definition) is 4. The van der Waals surface area contributed by atoms with Crippen LogP contribution in [0.4, 0.5) is 0 Å². The van der Waals surface area contributed by atoms with E-state index < -0.39 is 0 Å². The third-order valence-electron chi connectivity index (χ3n) is 3.63. The average molecular weight is 310 g/mol. The Morgan fingerprint density at radius 1 is 1.26 bits per heavy atom. The second-order valence-electron chi connectivity index (χ2n) is 5.31. The van der Waals surface area contributed by atoms with Crippen molar-refractivity contribution in [2.24, 2.45) is 0 Å². The number of aryl methyl sites for hydroxylation is 1. The summed E-state index contributed by atoms with van der Waals surface area (Å²) in [5.41, 5.74) is 1.37. The van der Waals surface area contributed by atoms with Gasteiger partial charge in [0.1, 0.15) is 17.6 Å². The van der Waals surface area contributed by atoms with Crippen LogP contribution in [0.25, 0.3) is 10.9 Å². The van der Waals surface area contributed by atoms with E-state index >= 15 is 0 Å². The van der Waals surface area contributed by atoms with Gasteiger partial charge in [-0.2, -0.15) is 0 Å². The highest BCUT2D eigenvalue weighted by molar-refractivity contribution is 6.06. The Kier molecular flexibility index (Phi) is 4.39. The molecule has 1 aromatic carbocycles. The number of rotatable bonds is 5. The van der Waals surface area contributed by atoms with E-state index in [1.807, 2.05) is 43.3 Å². The SMILES string of the molecule is COC[C@@H](NC(=O)c1cccc2ncccc12)c1ccc(C)o1. The number of ether oxygens (including phenoxy) is 1. The number of amides is 1. The van der Waals surface area contributed by atoms with Crippen LogP contribution < -0.4 is 5.32 Å². The molecule has 0 fully saturated rings. The van der Waals surface area contributed by atoms with Crippen LogP contribution in [0.15, 0.2) is 53.1 Å². The van der Waals surface area contributed by atoms with Gasteiger partial charge in [-0.1, -0.05) is 12.1 Å². The number of benzene rings is 1. The largest absolute Gasteiger partial charge is 0.464 e. The van der Waals surface area contributed by atoms with E-state index in [2.05, 4.69) is 10.3 Å².